The molecule has 2 aromatic carbocycles. The molecular weight excluding hydrogens is 522 g/mol. The lowest BCUT2D eigenvalue weighted by Crippen LogP contribution is -2.54. The summed E-state index contributed by atoms with van der Waals surface area (Å²) >= 11 is 0. The number of hydrogen-bond donors (Lipinski definition) is 2. The van der Waals surface area contributed by atoms with E-state index < -0.39 is 41.1 Å². The van der Waals surface area contributed by atoms with Gasteiger partial charge in [0, 0.05) is 11.4 Å². The predicted octanol–water partition coefficient (Wildman–Crippen LogP) is 6.53. The summed E-state index contributed by atoms with van der Waals surface area (Å²) in [5.74, 6) is 0.113. The number of halogens is 6. The Labute approximate surface area is 220 Å². The van der Waals surface area contributed by atoms with E-state index in [0.717, 1.165) is 48.5 Å². The number of hydrogen-bond acceptors (Lipinski definition) is 4. The molecule has 4 nitrogen and oxygen atoms in total. The summed E-state index contributed by atoms with van der Waals surface area (Å²) in [5.41, 5.74) is 6.84. The summed E-state index contributed by atoms with van der Waals surface area (Å²) in [6.07, 6.45) is -3.43. The van der Waals surface area contributed by atoms with Crippen LogP contribution in [0, 0.1) is 0 Å². The molecule has 0 aliphatic heterocycles. The Bertz CT molecular complexity index is 1270. The smallest absolute Gasteiger partial charge is 0.411 e. The Morgan fingerprint density at radius 3 is 1.21 bits per heavy atom. The third-order valence-electron chi connectivity index (χ3n) is 6.31. The number of rotatable bonds is 6. The van der Waals surface area contributed by atoms with Crippen LogP contribution >= 0.6 is 0 Å². The molecule has 39 heavy (non-hydrogen) atoms. The molecule has 10 heteroatoms. The molecule has 4 N–H and O–H groups in total. The van der Waals surface area contributed by atoms with Crippen LogP contribution in [-0.4, -0.2) is 24.6 Å². The predicted molar refractivity (Wildman–Crippen MR) is 136 cm³/mol. The van der Waals surface area contributed by atoms with Gasteiger partial charge in [0.1, 0.15) is 23.7 Å². The fraction of sp³-hybridized carbons (Fsp3) is 0.172. The normalized spacial score (nSPS) is 19.9. The summed E-state index contributed by atoms with van der Waals surface area (Å²) < 4.78 is 98.4. The molecular formula is C29H24F6N2O2. The number of allylic oxidation sites excluding steroid dienone is 2. The maximum absolute atomic E-state index is 14.5. The lowest BCUT2D eigenvalue weighted by Gasteiger charge is -2.38. The second-order valence-corrected chi connectivity index (χ2v) is 9.03. The van der Waals surface area contributed by atoms with Crippen molar-refractivity contribution in [1.82, 2.24) is 0 Å². The second-order valence-electron chi connectivity index (χ2n) is 9.03. The third-order valence-corrected chi connectivity index (χ3v) is 6.31. The van der Waals surface area contributed by atoms with Gasteiger partial charge in [-0.1, -0.05) is 37.4 Å². The van der Waals surface area contributed by atoms with E-state index >= 15 is 0 Å². The summed E-state index contributed by atoms with van der Waals surface area (Å²) in [6, 6.07) is 7.26. The van der Waals surface area contributed by atoms with E-state index in [2.05, 4.69) is 13.2 Å². The molecule has 2 unspecified atom stereocenters. The molecule has 0 spiro atoms. The molecule has 0 amide bonds. The van der Waals surface area contributed by atoms with Gasteiger partial charge in [0.15, 0.2) is 0 Å². The number of nitrogens with two attached hydrogens (primary N) is 2. The van der Waals surface area contributed by atoms with Crippen LogP contribution in [0.1, 0.15) is 11.1 Å². The first-order chi connectivity index (χ1) is 18.2. The highest BCUT2D eigenvalue weighted by molar-refractivity contribution is 5.48. The van der Waals surface area contributed by atoms with Crippen LogP contribution in [0.5, 0.6) is 11.5 Å². The maximum Gasteiger partial charge on any atom is 0.411 e. The summed E-state index contributed by atoms with van der Waals surface area (Å²) in [7, 11) is 0. The number of ether oxygens (including phenoxy) is 2. The Kier molecular flexibility index (Phi) is 7.16. The van der Waals surface area contributed by atoms with Crippen LogP contribution in [-0.2, 0) is 5.41 Å². The topological polar surface area (TPSA) is 70.5 Å². The Hall–Kier alpha value is -4.34. The van der Waals surface area contributed by atoms with E-state index in [9.17, 15) is 26.3 Å². The first-order valence-corrected chi connectivity index (χ1v) is 11.6. The van der Waals surface area contributed by atoms with Crippen molar-refractivity contribution in [2.75, 3.05) is 0 Å². The van der Waals surface area contributed by atoms with Crippen LogP contribution in [0.4, 0.5) is 26.3 Å². The zero-order valence-electron chi connectivity index (χ0n) is 20.4. The van der Waals surface area contributed by atoms with Gasteiger partial charge in [-0.2, -0.15) is 26.3 Å². The minimum Gasteiger partial charge on any atom is -0.482 e. The number of benzene rings is 2. The summed E-state index contributed by atoms with van der Waals surface area (Å²) in [4.78, 5) is 0. The molecule has 2 aliphatic rings. The van der Waals surface area contributed by atoms with Crippen molar-refractivity contribution in [2.24, 2.45) is 11.5 Å². The fourth-order valence-corrected chi connectivity index (χ4v) is 4.41. The monoisotopic (exact) mass is 546 g/mol. The van der Waals surface area contributed by atoms with Crippen molar-refractivity contribution in [3.05, 3.63) is 132 Å². The molecule has 0 aromatic heterocycles. The average molecular weight is 547 g/mol. The lowest BCUT2D eigenvalue weighted by molar-refractivity contribution is -0.288. The van der Waals surface area contributed by atoms with Crippen molar-refractivity contribution < 1.29 is 35.8 Å². The van der Waals surface area contributed by atoms with E-state index in [1.54, 1.807) is 36.5 Å². The highest BCUT2D eigenvalue weighted by Gasteiger charge is 2.72. The van der Waals surface area contributed by atoms with Crippen molar-refractivity contribution in [3.8, 4) is 11.5 Å². The molecule has 0 saturated heterocycles. The van der Waals surface area contributed by atoms with Crippen LogP contribution in [0.3, 0.4) is 0 Å². The first-order valence-electron chi connectivity index (χ1n) is 11.6. The molecule has 2 aliphatic carbocycles. The zero-order chi connectivity index (χ0) is 28.6. The van der Waals surface area contributed by atoms with Crippen molar-refractivity contribution in [2.45, 2.75) is 30.0 Å². The van der Waals surface area contributed by atoms with Gasteiger partial charge in [-0.3, -0.25) is 0 Å². The molecule has 0 fully saturated rings. The molecule has 2 atom stereocenters. The largest absolute Gasteiger partial charge is 0.482 e. The van der Waals surface area contributed by atoms with E-state index in [-0.39, 0.29) is 11.5 Å². The van der Waals surface area contributed by atoms with Crippen LogP contribution < -0.4 is 20.9 Å². The quantitative estimate of drug-likeness (QED) is 0.405. The van der Waals surface area contributed by atoms with Crippen LogP contribution in [0.15, 0.2) is 121 Å². The highest BCUT2D eigenvalue weighted by atomic mass is 19.4. The summed E-state index contributed by atoms with van der Waals surface area (Å²) in [5, 5.41) is 0. The number of alkyl halides is 6. The van der Waals surface area contributed by atoms with Crippen LogP contribution in [0.2, 0.25) is 0 Å². The van der Waals surface area contributed by atoms with Gasteiger partial charge in [0.05, 0.1) is 0 Å². The fourth-order valence-electron chi connectivity index (χ4n) is 4.41. The summed E-state index contributed by atoms with van der Waals surface area (Å²) in [6.45, 7) is 7.59. The maximum atomic E-state index is 14.5. The van der Waals surface area contributed by atoms with Gasteiger partial charge in [-0.05, 0) is 83.0 Å². The standard InChI is InChI=1S/C29H24F6N2O2/c1-17-15-21(36)7-13-25(17)38-23-9-3-19(4-10-23)27(28(30,31)32,29(33,34)35)20-5-11-24(12-6-20)39-26-14-8-22(37)16-18(26)2/h3-16,25-26H,1-2,36-37H2. The van der Waals surface area contributed by atoms with E-state index in [4.69, 9.17) is 20.9 Å². The Morgan fingerprint density at radius 2 is 0.923 bits per heavy atom. The van der Waals surface area contributed by atoms with Crippen LogP contribution in [0.25, 0.3) is 0 Å². The van der Waals surface area contributed by atoms with Crippen molar-refractivity contribution >= 4 is 0 Å². The SMILES string of the molecule is C=C1C=C(N)C=CC1Oc1ccc(C(c2ccc(OC3C=CC(N)=CC3=C)cc2)(C(F)(F)F)C(F)(F)F)cc1. The van der Waals surface area contributed by atoms with Crippen molar-refractivity contribution in [3.63, 3.8) is 0 Å². The molecule has 0 saturated carbocycles. The molecule has 4 rings (SSSR count). The van der Waals surface area contributed by atoms with E-state index in [1.165, 1.54) is 0 Å². The molecule has 204 valence electrons. The van der Waals surface area contributed by atoms with Gasteiger partial charge < -0.3 is 20.9 Å². The van der Waals surface area contributed by atoms with Crippen molar-refractivity contribution in [1.29, 1.82) is 0 Å². The average Bonchev–Trinajstić information content (AvgIpc) is 2.83. The van der Waals surface area contributed by atoms with Gasteiger partial charge in [-0.15, -0.1) is 0 Å². The highest BCUT2D eigenvalue weighted by Crippen LogP contribution is 2.56. The molecule has 0 radical (unpaired) electrons. The minimum absolute atomic E-state index is 0.0564. The minimum atomic E-state index is -5.73. The zero-order valence-corrected chi connectivity index (χ0v) is 20.4. The molecule has 0 heterocycles. The molecule has 2 aromatic rings. The molecule has 0 bridgehead atoms. The second kappa shape index (κ2) is 10.1. The Balaban J connectivity index is 1.67. The first kappa shape index (κ1) is 27.7. The Morgan fingerprint density at radius 1 is 0.590 bits per heavy atom. The van der Waals surface area contributed by atoms with E-state index in [0.29, 0.717) is 22.5 Å². The van der Waals surface area contributed by atoms with Gasteiger partial charge in [0.2, 0.25) is 5.41 Å². The lowest BCUT2D eigenvalue weighted by atomic mass is 9.73. The third kappa shape index (κ3) is 5.32. The van der Waals surface area contributed by atoms with Gasteiger partial charge in [-0.25, -0.2) is 0 Å². The van der Waals surface area contributed by atoms with Gasteiger partial charge >= 0.3 is 12.4 Å². The van der Waals surface area contributed by atoms with E-state index in [1.807, 2.05) is 0 Å². The van der Waals surface area contributed by atoms with Gasteiger partial charge in [0.25, 0.3) is 0 Å².